The molecule has 2 N–H and O–H groups in total. The number of nitrogens with zero attached hydrogens (tertiary/aromatic N) is 1. The minimum atomic E-state index is -3.48. The molecule has 1 saturated heterocycles. The van der Waals surface area contributed by atoms with Crippen molar-refractivity contribution in [1.82, 2.24) is 9.62 Å². The van der Waals surface area contributed by atoms with Crippen molar-refractivity contribution in [2.45, 2.75) is 45.6 Å². The second-order valence-corrected chi connectivity index (χ2v) is 9.61. The molecule has 1 aliphatic rings. The molecule has 146 valence electrons. The van der Waals surface area contributed by atoms with Gasteiger partial charge in [-0.15, -0.1) is 0 Å². The van der Waals surface area contributed by atoms with Crippen LogP contribution in [0.4, 0.5) is 0 Å². The third kappa shape index (κ3) is 5.05. The zero-order valence-corrected chi connectivity index (χ0v) is 17.3. The van der Waals surface area contributed by atoms with Gasteiger partial charge < -0.3 is 10.2 Å². The zero-order chi connectivity index (χ0) is 19.5. The number of carbonyl (C=O) groups is 1. The predicted octanol–water partition coefficient (Wildman–Crippen LogP) is 0.353. The lowest BCUT2D eigenvalue weighted by Gasteiger charge is -2.32. The van der Waals surface area contributed by atoms with Crippen LogP contribution >= 0.6 is 0 Å². The van der Waals surface area contributed by atoms with Gasteiger partial charge in [-0.25, -0.2) is 8.42 Å². The van der Waals surface area contributed by atoms with E-state index in [1.54, 1.807) is 10.4 Å². The van der Waals surface area contributed by atoms with Gasteiger partial charge in [-0.2, -0.15) is 4.31 Å². The summed E-state index contributed by atoms with van der Waals surface area (Å²) < 4.78 is 27.4. The number of benzene rings is 1. The summed E-state index contributed by atoms with van der Waals surface area (Å²) in [6.07, 6.45) is 0. The molecule has 1 aromatic carbocycles. The van der Waals surface area contributed by atoms with E-state index in [4.69, 9.17) is 0 Å². The molecule has 1 amide bonds. The van der Waals surface area contributed by atoms with Crippen LogP contribution in [-0.2, 0) is 14.8 Å². The fourth-order valence-electron chi connectivity index (χ4n) is 3.04. The van der Waals surface area contributed by atoms with Crippen molar-refractivity contribution in [3.05, 3.63) is 29.3 Å². The summed E-state index contributed by atoms with van der Waals surface area (Å²) in [4.78, 5) is 13.7. The minimum Gasteiger partial charge on any atom is -0.348 e. The lowest BCUT2D eigenvalue weighted by molar-refractivity contribution is -0.895. The van der Waals surface area contributed by atoms with E-state index in [0.29, 0.717) is 43.5 Å². The third-order valence-electron chi connectivity index (χ3n) is 5.19. The van der Waals surface area contributed by atoms with Gasteiger partial charge in [-0.05, 0) is 43.9 Å². The number of carbonyl (C=O) groups excluding carboxylic acids is 1. The number of amides is 1. The quantitative estimate of drug-likeness (QED) is 0.746. The van der Waals surface area contributed by atoms with E-state index >= 15 is 0 Å². The van der Waals surface area contributed by atoms with Crippen molar-refractivity contribution in [2.75, 3.05) is 32.7 Å². The van der Waals surface area contributed by atoms with Gasteiger partial charge >= 0.3 is 0 Å². The summed E-state index contributed by atoms with van der Waals surface area (Å²) in [6, 6.07) is 5.66. The van der Waals surface area contributed by atoms with E-state index in [9.17, 15) is 13.2 Å². The summed E-state index contributed by atoms with van der Waals surface area (Å²) in [5.74, 6) is 0.431. The van der Waals surface area contributed by atoms with Gasteiger partial charge in [0.1, 0.15) is 0 Å². The Morgan fingerprint density at radius 1 is 1.19 bits per heavy atom. The highest BCUT2D eigenvalue weighted by Crippen LogP contribution is 2.21. The van der Waals surface area contributed by atoms with Crippen LogP contribution < -0.4 is 10.2 Å². The van der Waals surface area contributed by atoms with E-state index in [2.05, 4.69) is 19.2 Å². The minimum absolute atomic E-state index is 0.0343. The maximum atomic E-state index is 12.9. The summed E-state index contributed by atoms with van der Waals surface area (Å²) in [7, 11) is -3.48. The Morgan fingerprint density at radius 2 is 1.81 bits per heavy atom. The first kappa shape index (κ1) is 20.9. The molecule has 0 aromatic heterocycles. The molecule has 7 heteroatoms. The molecule has 1 aliphatic heterocycles. The highest BCUT2D eigenvalue weighted by atomic mass is 32.2. The van der Waals surface area contributed by atoms with Gasteiger partial charge in [-0.1, -0.05) is 26.0 Å². The van der Waals surface area contributed by atoms with Gasteiger partial charge in [-0.3, -0.25) is 4.79 Å². The molecule has 6 nitrogen and oxygen atoms in total. The van der Waals surface area contributed by atoms with E-state index in [1.807, 2.05) is 32.9 Å². The normalized spacial score (nSPS) is 18.1. The van der Waals surface area contributed by atoms with E-state index in [-0.39, 0.29) is 11.9 Å². The first-order valence-electron chi connectivity index (χ1n) is 9.31. The Kier molecular flexibility index (Phi) is 6.82. The van der Waals surface area contributed by atoms with Crippen LogP contribution in [0.2, 0.25) is 0 Å². The second-order valence-electron chi connectivity index (χ2n) is 7.70. The van der Waals surface area contributed by atoms with Crippen LogP contribution in [0.1, 0.15) is 31.9 Å². The molecule has 0 spiro atoms. The Balaban J connectivity index is 1.95. The van der Waals surface area contributed by atoms with Crippen molar-refractivity contribution >= 4 is 15.9 Å². The largest absolute Gasteiger partial charge is 0.348 e. The van der Waals surface area contributed by atoms with Gasteiger partial charge in [0, 0.05) is 6.04 Å². The van der Waals surface area contributed by atoms with E-state index in [1.165, 1.54) is 0 Å². The van der Waals surface area contributed by atoms with Crippen LogP contribution in [0.3, 0.4) is 0 Å². The molecular formula is C19H32N3O3S+. The number of hydrogen-bond donors (Lipinski definition) is 2. The molecule has 1 atom stereocenters. The summed E-state index contributed by atoms with van der Waals surface area (Å²) in [6.45, 7) is 12.5. The van der Waals surface area contributed by atoms with Crippen LogP contribution in [0.25, 0.3) is 0 Å². The van der Waals surface area contributed by atoms with Gasteiger partial charge in [0.2, 0.25) is 10.0 Å². The molecule has 0 saturated carbocycles. The number of nitrogens with one attached hydrogen (secondary N) is 2. The van der Waals surface area contributed by atoms with Crippen LogP contribution in [0, 0.1) is 19.8 Å². The second kappa shape index (κ2) is 8.50. The monoisotopic (exact) mass is 382 g/mol. The van der Waals surface area contributed by atoms with Crippen LogP contribution in [-0.4, -0.2) is 57.4 Å². The standard InChI is InChI=1S/C19H31N3O3S/c1-14(2)17(5)20-19(23)13-21-8-10-22(11-9-21)26(24,25)18-12-15(3)6-7-16(18)4/h6-7,12,14,17H,8-11,13H2,1-5H3,(H,20,23)/p+1/t17-/m1/s1. The highest BCUT2D eigenvalue weighted by Gasteiger charge is 2.32. The number of rotatable bonds is 6. The topological polar surface area (TPSA) is 70.9 Å². The Morgan fingerprint density at radius 3 is 2.38 bits per heavy atom. The van der Waals surface area contributed by atoms with Gasteiger partial charge in [0.05, 0.1) is 31.1 Å². The molecule has 2 rings (SSSR count). The van der Waals surface area contributed by atoms with E-state index < -0.39 is 10.0 Å². The van der Waals surface area contributed by atoms with E-state index in [0.717, 1.165) is 16.0 Å². The molecule has 1 fully saturated rings. The average molecular weight is 383 g/mol. The van der Waals surface area contributed by atoms with Crippen molar-refractivity contribution in [3.63, 3.8) is 0 Å². The van der Waals surface area contributed by atoms with Crippen molar-refractivity contribution in [1.29, 1.82) is 0 Å². The number of piperazine rings is 1. The van der Waals surface area contributed by atoms with Crippen LogP contribution in [0.15, 0.2) is 23.1 Å². The number of sulfonamides is 1. The summed E-state index contributed by atoms with van der Waals surface area (Å²) in [5, 5.41) is 3.02. The van der Waals surface area contributed by atoms with Gasteiger partial charge in [0.25, 0.3) is 5.91 Å². The molecule has 0 radical (unpaired) electrons. The Hall–Kier alpha value is -1.44. The zero-order valence-electron chi connectivity index (χ0n) is 16.5. The fraction of sp³-hybridized carbons (Fsp3) is 0.632. The molecule has 1 heterocycles. The number of quaternary nitrogens is 1. The lowest BCUT2D eigenvalue weighted by atomic mass is 10.1. The van der Waals surface area contributed by atoms with Crippen LogP contribution in [0.5, 0.6) is 0 Å². The fourth-order valence-corrected chi connectivity index (χ4v) is 4.79. The SMILES string of the molecule is Cc1ccc(C)c(S(=O)(=O)N2CC[NH+](CC(=O)N[C@H](C)C(C)C)CC2)c1. The third-order valence-corrected chi connectivity index (χ3v) is 7.23. The first-order valence-corrected chi connectivity index (χ1v) is 10.8. The summed E-state index contributed by atoms with van der Waals surface area (Å²) in [5.41, 5.74) is 1.71. The molecule has 0 unspecified atom stereocenters. The smallest absolute Gasteiger partial charge is 0.275 e. The lowest BCUT2D eigenvalue weighted by Crippen LogP contribution is -3.15. The molecule has 0 aliphatic carbocycles. The Bertz CT molecular complexity index is 738. The van der Waals surface area contributed by atoms with Crippen molar-refractivity contribution in [3.8, 4) is 0 Å². The van der Waals surface area contributed by atoms with Crippen molar-refractivity contribution in [2.24, 2.45) is 5.92 Å². The molecule has 0 bridgehead atoms. The molecular weight excluding hydrogens is 350 g/mol. The molecule has 26 heavy (non-hydrogen) atoms. The Labute approximate surface area is 157 Å². The first-order chi connectivity index (χ1) is 12.1. The average Bonchev–Trinajstić information content (AvgIpc) is 2.57. The predicted molar refractivity (Wildman–Crippen MR) is 103 cm³/mol. The maximum absolute atomic E-state index is 12.9. The maximum Gasteiger partial charge on any atom is 0.275 e. The highest BCUT2D eigenvalue weighted by molar-refractivity contribution is 7.89. The summed E-state index contributed by atoms with van der Waals surface area (Å²) >= 11 is 0. The number of aryl methyl sites for hydroxylation is 2. The molecule has 1 aromatic rings. The van der Waals surface area contributed by atoms with Gasteiger partial charge in [0.15, 0.2) is 6.54 Å². The van der Waals surface area contributed by atoms with Crippen molar-refractivity contribution < 1.29 is 18.1 Å². The number of hydrogen-bond acceptors (Lipinski definition) is 3.